The van der Waals surface area contributed by atoms with Gasteiger partial charge in [-0.2, -0.15) is 0 Å². The molecule has 0 spiro atoms. The Morgan fingerprint density at radius 1 is 1.35 bits per heavy atom. The van der Waals surface area contributed by atoms with Gasteiger partial charge in [0.25, 0.3) is 0 Å². The number of rotatable bonds is 5. The molecule has 0 saturated carbocycles. The minimum Gasteiger partial charge on any atom is -0.478 e. The van der Waals surface area contributed by atoms with Crippen LogP contribution in [0.2, 0.25) is 0 Å². The average molecular weight is 272 g/mol. The van der Waals surface area contributed by atoms with Crippen LogP contribution in [0.3, 0.4) is 0 Å². The van der Waals surface area contributed by atoms with Crippen molar-refractivity contribution in [2.75, 3.05) is 18.5 Å². The summed E-state index contributed by atoms with van der Waals surface area (Å²) in [6.07, 6.45) is 5.72. The largest absolute Gasteiger partial charge is 0.478 e. The van der Waals surface area contributed by atoms with Gasteiger partial charge in [-0.1, -0.05) is 0 Å². The Bertz CT molecular complexity index is 601. The van der Waals surface area contributed by atoms with Gasteiger partial charge >= 0.3 is 5.97 Å². The topological polar surface area (TPSA) is 79.2 Å². The summed E-state index contributed by atoms with van der Waals surface area (Å²) in [6.45, 7) is 2.42. The second-order valence-electron chi connectivity index (χ2n) is 4.50. The van der Waals surface area contributed by atoms with Crippen molar-refractivity contribution in [3.05, 3.63) is 47.5 Å². The number of carbonyl (C=O) groups is 1. The molecule has 0 aliphatic heterocycles. The second kappa shape index (κ2) is 6.10. The highest BCUT2D eigenvalue weighted by Gasteiger charge is 2.12. The van der Waals surface area contributed by atoms with Gasteiger partial charge in [-0.3, -0.25) is 4.98 Å². The van der Waals surface area contributed by atoms with Crippen LogP contribution < -0.4 is 4.90 Å². The molecule has 0 unspecified atom stereocenters. The van der Waals surface area contributed by atoms with Crippen LogP contribution in [0.5, 0.6) is 0 Å². The van der Waals surface area contributed by atoms with Gasteiger partial charge in [0.15, 0.2) is 0 Å². The zero-order valence-electron chi connectivity index (χ0n) is 11.4. The Balaban J connectivity index is 2.04. The van der Waals surface area contributed by atoms with Crippen molar-refractivity contribution >= 4 is 11.9 Å². The van der Waals surface area contributed by atoms with Crippen molar-refractivity contribution in [2.45, 2.75) is 13.3 Å². The van der Waals surface area contributed by atoms with Crippen LogP contribution in [0.4, 0.5) is 5.95 Å². The van der Waals surface area contributed by atoms with Crippen molar-refractivity contribution in [2.24, 2.45) is 0 Å². The Morgan fingerprint density at radius 2 is 2.05 bits per heavy atom. The summed E-state index contributed by atoms with van der Waals surface area (Å²) in [5, 5.41) is 8.95. The van der Waals surface area contributed by atoms with Crippen molar-refractivity contribution in [1.82, 2.24) is 15.0 Å². The van der Waals surface area contributed by atoms with E-state index in [1.54, 1.807) is 19.3 Å². The Labute approximate surface area is 117 Å². The number of carboxylic acid groups (broad SMARTS) is 1. The smallest absolute Gasteiger partial charge is 0.339 e. The van der Waals surface area contributed by atoms with E-state index in [9.17, 15) is 4.79 Å². The van der Waals surface area contributed by atoms with Crippen LogP contribution in [-0.2, 0) is 6.42 Å². The number of nitrogens with zero attached hydrogens (tertiary/aromatic N) is 4. The van der Waals surface area contributed by atoms with Crippen molar-refractivity contribution < 1.29 is 9.90 Å². The Kier molecular flexibility index (Phi) is 4.24. The van der Waals surface area contributed by atoms with E-state index in [2.05, 4.69) is 15.0 Å². The first-order valence-corrected chi connectivity index (χ1v) is 6.25. The lowest BCUT2D eigenvalue weighted by atomic mass is 10.2. The predicted octanol–water partition coefficient (Wildman–Crippen LogP) is 1.56. The first-order valence-electron chi connectivity index (χ1n) is 6.25. The van der Waals surface area contributed by atoms with Crippen molar-refractivity contribution in [1.29, 1.82) is 0 Å². The van der Waals surface area contributed by atoms with E-state index in [0.717, 1.165) is 13.0 Å². The summed E-state index contributed by atoms with van der Waals surface area (Å²) in [6, 6.07) is 3.93. The Hall–Kier alpha value is -2.50. The van der Waals surface area contributed by atoms with Gasteiger partial charge in [-0.25, -0.2) is 14.8 Å². The molecule has 2 heterocycles. The molecular formula is C14H16N4O2. The highest BCUT2D eigenvalue weighted by Crippen LogP contribution is 2.11. The molecule has 0 aliphatic carbocycles. The predicted molar refractivity (Wildman–Crippen MR) is 74.9 cm³/mol. The highest BCUT2D eigenvalue weighted by molar-refractivity contribution is 5.88. The summed E-state index contributed by atoms with van der Waals surface area (Å²) in [7, 11) is 1.89. The minimum atomic E-state index is -1.01. The molecular weight excluding hydrogens is 256 g/mol. The third-order valence-electron chi connectivity index (χ3n) is 3.02. The fourth-order valence-electron chi connectivity index (χ4n) is 1.79. The maximum Gasteiger partial charge on any atom is 0.339 e. The number of aryl methyl sites for hydroxylation is 1. The molecule has 104 valence electrons. The fraction of sp³-hybridized carbons (Fsp3) is 0.286. The number of hydrogen-bond donors (Lipinski definition) is 1. The molecule has 6 nitrogen and oxygen atoms in total. The lowest BCUT2D eigenvalue weighted by Crippen LogP contribution is -2.23. The molecule has 0 aliphatic rings. The first kappa shape index (κ1) is 13.9. The van der Waals surface area contributed by atoms with Gasteiger partial charge in [-0.15, -0.1) is 0 Å². The number of hydrogen-bond acceptors (Lipinski definition) is 5. The number of aromatic nitrogens is 3. The molecule has 0 radical (unpaired) electrons. The standard InChI is InChI=1S/C14H16N4O2/c1-10-12(13(19)20)9-16-14(17-10)18(2)8-5-11-3-6-15-7-4-11/h3-4,6-7,9H,5,8H2,1-2H3,(H,19,20). The first-order chi connectivity index (χ1) is 9.58. The van der Waals surface area contributed by atoms with E-state index in [1.807, 2.05) is 24.1 Å². The lowest BCUT2D eigenvalue weighted by Gasteiger charge is -2.17. The third kappa shape index (κ3) is 3.28. The maximum atomic E-state index is 10.9. The van der Waals surface area contributed by atoms with Gasteiger partial charge in [0, 0.05) is 32.2 Å². The van der Waals surface area contributed by atoms with E-state index in [0.29, 0.717) is 11.6 Å². The van der Waals surface area contributed by atoms with Gasteiger partial charge < -0.3 is 10.0 Å². The molecule has 2 aromatic heterocycles. The number of aromatic carboxylic acids is 1. The van der Waals surface area contributed by atoms with E-state index in [-0.39, 0.29) is 5.56 Å². The zero-order chi connectivity index (χ0) is 14.5. The van der Waals surface area contributed by atoms with Gasteiger partial charge in [0.1, 0.15) is 0 Å². The van der Waals surface area contributed by atoms with Gasteiger partial charge in [-0.05, 0) is 31.0 Å². The zero-order valence-corrected chi connectivity index (χ0v) is 11.4. The van der Waals surface area contributed by atoms with Crippen LogP contribution in [-0.4, -0.2) is 39.6 Å². The normalized spacial score (nSPS) is 10.3. The molecule has 0 atom stereocenters. The van der Waals surface area contributed by atoms with E-state index < -0.39 is 5.97 Å². The summed E-state index contributed by atoms with van der Waals surface area (Å²) < 4.78 is 0. The van der Waals surface area contributed by atoms with Crippen LogP contribution >= 0.6 is 0 Å². The SMILES string of the molecule is Cc1nc(N(C)CCc2ccncc2)ncc1C(=O)O. The lowest BCUT2D eigenvalue weighted by molar-refractivity contribution is 0.0695. The molecule has 0 bridgehead atoms. The molecule has 20 heavy (non-hydrogen) atoms. The number of anilines is 1. The molecule has 0 fully saturated rings. The molecule has 0 amide bonds. The number of pyridine rings is 1. The van der Waals surface area contributed by atoms with Crippen LogP contribution in [0.25, 0.3) is 0 Å². The summed E-state index contributed by atoms with van der Waals surface area (Å²) in [5.74, 6) is -0.477. The van der Waals surface area contributed by atoms with Crippen LogP contribution in [0.1, 0.15) is 21.6 Å². The summed E-state index contributed by atoms with van der Waals surface area (Å²) in [5.41, 5.74) is 1.79. The third-order valence-corrected chi connectivity index (χ3v) is 3.02. The molecule has 1 N–H and O–H groups in total. The quantitative estimate of drug-likeness (QED) is 0.889. The van der Waals surface area contributed by atoms with E-state index >= 15 is 0 Å². The minimum absolute atomic E-state index is 0.135. The molecule has 2 aromatic rings. The van der Waals surface area contributed by atoms with Crippen LogP contribution in [0, 0.1) is 6.92 Å². The molecule has 0 aromatic carbocycles. The fourth-order valence-corrected chi connectivity index (χ4v) is 1.79. The maximum absolute atomic E-state index is 10.9. The summed E-state index contributed by atoms with van der Waals surface area (Å²) >= 11 is 0. The van der Waals surface area contributed by atoms with Crippen molar-refractivity contribution in [3.63, 3.8) is 0 Å². The van der Waals surface area contributed by atoms with E-state index in [4.69, 9.17) is 5.11 Å². The summed E-state index contributed by atoms with van der Waals surface area (Å²) in [4.78, 5) is 25.1. The molecule has 6 heteroatoms. The number of carboxylic acids is 1. The Morgan fingerprint density at radius 3 is 2.65 bits per heavy atom. The molecule has 2 rings (SSSR count). The van der Waals surface area contributed by atoms with Crippen LogP contribution in [0.15, 0.2) is 30.7 Å². The highest BCUT2D eigenvalue weighted by atomic mass is 16.4. The molecule has 0 saturated heterocycles. The van der Waals surface area contributed by atoms with Crippen molar-refractivity contribution in [3.8, 4) is 0 Å². The monoisotopic (exact) mass is 272 g/mol. The average Bonchev–Trinajstić information content (AvgIpc) is 2.45. The second-order valence-corrected chi connectivity index (χ2v) is 4.50. The van der Waals surface area contributed by atoms with Gasteiger partial charge in [0.2, 0.25) is 5.95 Å². The van der Waals surface area contributed by atoms with E-state index in [1.165, 1.54) is 11.8 Å². The number of likely N-dealkylation sites (N-methyl/N-ethyl adjacent to an activating group) is 1. The van der Waals surface area contributed by atoms with Gasteiger partial charge in [0.05, 0.1) is 11.3 Å².